The van der Waals surface area contributed by atoms with Gasteiger partial charge >= 0.3 is 0 Å². The number of rotatable bonds is 2. The minimum atomic E-state index is 0.0832. The van der Waals surface area contributed by atoms with Crippen molar-refractivity contribution in [1.82, 2.24) is 0 Å². The van der Waals surface area contributed by atoms with Gasteiger partial charge in [-0.15, -0.1) is 0 Å². The van der Waals surface area contributed by atoms with Crippen molar-refractivity contribution in [3.63, 3.8) is 0 Å². The molecule has 0 bridgehead atoms. The topological polar surface area (TPSA) is 18.5 Å². The van der Waals surface area contributed by atoms with E-state index in [9.17, 15) is 0 Å². The minimum absolute atomic E-state index is 0.0832. The molecule has 2 unspecified atom stereocenters. The van der Waals surface area contributed by atoms with Crippen molar-refractivity contribution in [3.8, 4) is 0 Å². The zero-order valence-electron chi connectivity index (χ0n) is 10.9. The van der Waals surface area contributed by atoms with Gasteiger partial charge in [-0.2, -0.15) is 0 Å². The molecule has 1 heterocycles. The van der Waals surface area contributed by atoms with Gasteiger partial charge in [-0.05, 0) is 28.8 Å². The van der Waals surface area contributed by atoms with E-state index < -0.39 is 0 Å². The van der Waals surface area contributed by atoms with Crippen LogP contribution in [0, 0.1) is 6.92 Å². The quantitative estimate of drug-likeness (QED) is 0.779. The molecule has 3 rings (SSSR count). The molecule has 0 radical (unpaired) electrons. The Bertz CT molecular complexity index is 576. The first kappa shape index (κ1) is 13.1. The summed E-state index contributed by atoms with van der Waals surface area (Å²) in [6.45, 7) is 4.18. The molecule has 0 aromatic heterocycles. The summed E-state index contributed by atoms with van der Waals surface area (Å²) < 4.78 is 11.3. The van der Waals surface area contributed by atoms with E-state index in [0.29, 0.717) is 19.8 Å². The zero-order valence-corrected chi connectivity index (χ0v) is 12.5. The Kier molecular flexibility index (Phi) is 3.87. The van der Waals surface area contributed by atoms with Crippen LogP contribution in [0.25, 0.3) is 10.8 Å². The van der Waals surface area contributed by atoms with Crippen molar-refractivity contribution < 1.29 is 9.47 Å². The molecule has 0 N–H and O–H groups in total. The van der Waals surface area contributed by atoms with Crippen LogP contribution in [0.15, 0.2) is 36.4 Å². The molecular weight excluding hydrogens is 304 g/mol. The van der Waals surface area contributed by atoms with E-state index in [-0.39, 0.29) is 10.9 Å². The zero-order chi connectivity index (χ0) is 13.2. The summed E-state index contributed by atoms with van der Waals surface area (Å²) in [7, 11) is 0. The highest BCUT2D eigenvalue weighted by Crippen LogP contribution is 2.35. The summed E-state index contributed by atoms with van der Waals surface area (Å²) in [5.74, 6) is 0. The lowest BCUT2D eigenvalue weighted by Gasteiger charge is -2.28. The van der Waals surface area contributed by atoms with Crippen molar-refractivity contribution in [3.05, 3.63) is 47.5 Å². The standard InChI is InChI=1S/C16H17BrO2/c1-11-6-7-14(13-5-3-2-4-12(11)13)16(17)15-10-18-8-9-19-15/h2-7,15-16H,8-10H2,1H3. The normalized spacial score (nSPS) is 21.5. The number of benzene rings is 2. The summed E-state index contributed by atoms with van der Waals surface area (Å²) in [4.78, 5) is 0.165. The highest BCUT2D eigenvalue weighted by atomic mass is 79.9. The van der Waals surface area contributed by atoms with E-state index >= 15 is 0 Å². The second-order valence-corrected chi connectivity index (χ2v) is 5.89. The summed E-state index contributed by atoms with van der Waals surface area (Å²) in [6.07, 6.45) is 0.0832. The fourth-order valence-corrected chi connectivity index (χ4v) is 3.29. The average Bonchev–Trinajstić information content (AvgIpc) is 2.48. The molecule has 0 spiro atoms. The molecule has 1 fully saturated rings. The predicted octanol–water partition coefficient (Wildman–Crippen LogP) is 4.00. The van der Waals surface area contributed by atoms with Crippen LogP contribution in [-0.4, -0.2) is 25.9 Å². The largest absolute Gasteiger partial charge is 0.376 e. The molecule has 1 aliphatic rings. The maximum absolute atomic E-state index is 5.80. The first-order valence-electron chi connectivity index (χ1n) is 6.59. The van der Waals surface area contributed by atoms with Gasteiger partial charge in [-0.3, -0.25) is 0 Å². The van der Waals surface area contributed by atoms with Crippen LogP contribution in [0.2, 0.25) is 0 Å². The predicted molar refractivity (Wildman–Crippen MR) is 80.9 cm³/mol. The molecule has 2 aromatic rings. The molecular formula is C16H17BrO2. The van der Waals surface area contributed by atoms with Crippen molar-refractivity contribution in [2.45, 2.75) is 17.9 Å². The maximum atomic E-state index is 5.80. The average molecular weight is 321 g/mol. The Morgan fingerprint density at radius 2 is 1.89 bits per heavy atom. The SMILES string of the molecule is Cc1ccc(C(Br)C2COCCO2)c2ccccc12. The van der Waals surface area contributed by atoms with Gasteiger partial charge in [0.2, 0.25) is 0 Å². The summed E-state index contributed by atoms with van der Waals surface area (Å²) in [5, 5.41) is 2.60. The van der Waals surface area contributed by atoms with Crippen LogP contribution < -0.4 is 0 Å². The first-order chi connectivity index (χ1) is 9.27. The van der Waals surface area contributed by atoms with E-state index in [0.717, 1.165) is 0 Å². The van der Waals surface area contributed by atoms with E-state index in [1.165, 1.54) is 21.9 Å². The lowest BCUT2D eigenvalue weighted by atomic mass is 9.96. The fraction of sp³-hybridized carbons (Fsp3) is 0.375. The molecule has 0 amide bonds. The second-order valence-electron chi connectivity index (χ2n) is 4.90. The fourth-order valence-electron chi connectivity index (χ4n) is 2.59. The van der Waals surface area contributed by atoms with E-state index in [1.54, 1.807) is 0 Å². The Hall–Kier alpha value is -0.900. The number of halogens is 1. The van der Waals surface area contributed by atoms with Crippen LogP contribution in [0.4, 0.5) is 0 Å². The highest BCUT2D eigenvalue weighted by Gasteiger charge is 2.25. The molecule has 1 aliphatic heterocycles. The lowest BCUT2D eigenvalue weighted by Crippen LogP contribution is -2.31. The minimum Gasteiger partial charge on any atom is -0.376 e. The van der Waals surface area contributed by atoms with E-state index in [1.807, 2.05) is 0 Å². The number of hydrogen-bond acceptors (Lipinski definition) is 2. The van der Waals surface area contributed by atoms with E-state index in [4.69, 9.17) is 9.47 Å². The second kappa shape index (κ2) is 5.61. The number of aryl methyl sites for hydroxylation is 1. The van der Waals surface area contributed by atoms with Crippen molar-refractivity contribution in [1.29, 1.82) is 0 Å². The molecule has 0 saturated carbocycles. The molecule has 2 aromatic carbocycles. The maximum Gasteiger partial charge on any atom is 0.0975 e. The third kappa shape index (κ3) is 2.55. The Labute approximate surface area is 121 Å². The van der Waals surface area contributed by atoms with Gasteiger partial charge in [0.25, 0.3) is 0 Å². The van der Waals surface area contributed by atoms with Gasteiger partial charge in [0.05, 0.1) is 30.8 Å². The van der Waals surface area contributed by atoms with Crippen molar-refractivity contribution in [2.75, 3.05) is 19.8 Å². The third-order valence-electron chi connectivity index (χ3n) is 3.64. The summed E-state index contributed by atoms with van der Waals surface area (Å²) in [5.41, 5.74) is 2.58. The Balaban J connectivity index is 2.02. The number of alkyl halides is 1. The lowest BCUT2D eigenvalue weighted by molar-refractivity contribution is -0.0875. The highest BCUT2D eigenvalue weighted by molar-refractivity contribution is 9.09. The third-order valence-corrected chi connectivity index (χ3v) is 4.72. The van der Waals surface area contributed by atoms with Crippen LogP contribution in [-0.2, 0) is 9.47 Å². The van der Waals surface area contributed by atoms with Crippen LogP contribution >= 0.6 is 15.9 Å². The van der Waals surface area contributed by atoms with Crippen LogP contribution in [0.5, 0.6) is 0 Å². The monoisotopic (exact) mass is 320 g/mol. The molecule has 19 heavy (non-hydrogen) atoms. The van der Waals surface area contributed by atoms with Gasteiger partial charge in [-0.1, -0.05) is 52.3 Å². The molecule has 2 nitrogen and oxygen atoms in total. The van der Waals surface area contributed by atoms with Gasteiger partial charge in [-0.25, -0.2) is 0 Å². The smallest absolute Gasteiger partial charge is 0.0975 e. The van der Waals surface area contributed by atoms with Crippen LogP contribution in [0.3, 0.4) is 0 Å². The van der Waals surface area contributed by atoms with E-state index in [2.05, 4.69) is 59.3 Å². The Morgan fingerprint density at radius 1 is 1.11 bits per heavy atom. The molecule has 1 saturated heterocycles. The molecule has 3 heteroatoms. The van der Waals surface area contributed by atoms with Crippen LogP contribution in [0.1, 0.15) is 16.0 Å². The number of ether oxygens (including phenoxy) is 2. The summed E-state index contributed by atoms with van der Waals surface area (Å²) in [6, 6.07) is 12.9. The van der Waals surface area contributed by atoms with Gasteiger partial charge in [0.15, 0.2) is 0 Å². The number of hydrogen-bond donors (Lipinski definition) is 0. The molecule has 2 atom stereocenters. The van der Waals surface area contributed by atoms with Crippen molar-refractivity contribution in [2.24, 2.45) is 0 Å². The number of fused-ring (bicyclic) bond motifs is 1. The molecule has 100 valence electrons. The van der Waals surface area contributed by atoms with Gasteiger partial charge in [0.1, 0.15) is 0 Å². The Morgan fingerprint density at radius 3 is 2.63 bits per heavy atom. The molecule has 0 aliphatic carbocycles. The first-order valence-corrected chi connectivity index (χ1v) is 7.50. The van der Waals surface area contributed by atoms with Gasteiger partial charge < -0.3 is 9.47 Å². The van der Waals surface area contributed by atoms with Gasteiger partial charge in [0, 0.05) is 0 Å². The summed E-state index contributed by atoms with van der Waals surface area (Å²) >= 11 is 3.79. The van der Waals surface area contributed by atoms with Crippen molar-refractivity contribution >= 4 is 26.7 Å².